The summed E-state index contributed by atoms with van der Waals surface area (Å²) in [5, 5.41) is 0. The highest BCUT2D eigenvalue weighted by atomic mass is 14.3. The Morgan fingerprint density at radius 1 is 0.786 bits per heavy atom. The lowest BCUT2D eigenvalue weighted by molar-refractivity contribution is 0.178. The van der Waals surface area contributed by atoms with Gasteiger partial charge in [-0.2, -0.15) is 0 Å². The van der Waals surface area contributed by atoms with Crippen molar-refractivity contribution in [3.63, 3.8) is 0 Å². The molecule has 84 valence electrons. The highest BCUT2D eigenvalue weighted by Crippen LogP contribution is 2.37. The topological polar surface area (TPSA) is 0 Å². The summed E-state index contributed by atoms with van der Waals surface area (Å²) in [7, 11) is 0. The third-order valence-corrected chi connectivity index (χ3v) is 3.61. The fraction of sp³-hybridized carbons (Fsp3) is 1.00. The Labute approximate surface area is 90.5 Å². The minimum atomic E-state index is 0.896. The van der Waals surface area contributed by atoms with Crippen molar-refractivity contribution in [2.45, 2.75) is 66.2 Å². The summed E-state index contributed by atoms with van der Waals surface area (Å²) in [5.41, 5.74) is 0. The van der Waals surface area contributed by atoms with Gasteiger partial charge in [-0.25, -0.2) is 0 Å². The Balaban J connectivity index is 2.41. The van der Waals surface area contributed by atoms with Gasteiger partial charge in [-0.15, -0.1) is 0 Å². The molecule has 0 heteroatoms. The van der Waals surface area contributed by atoms with E-state index < -0.39 is 0 Å². The van der Waals surface area contributed by atoms with E-state index in [1.807, 2.05) is 0 Å². The van der Waals surface area contributed by atoms with Gasteiger partial charge in [-0.05, 0) is 36.5 Å². The van der Waals surface area contributed by atoms with E-state index in [1.165, 1.54) is 38.5 Å². The Bertz CT molecular complexity index is 128. The van der Waals surface area contributed by atoms with Gasteiger partial charge in [0.25, 0.3) is 0 Å². The second-order valence-electron chi connectivity index (χ2n) is 6.06. The summed E-state index contributed by atoms with van der Waals surface area (Å²) in [5.74, 6) is 3.89. The van der Waals surface area contributed by atoms with E-state index >= 15 is 0 Å². The van der Waals surface area contributed by atoms with E-state index in [9.17, 15) is 0 Å². The first-order valence-corrected chi connectivity index (χ1v) is 6.59. The fourth-order valence-corrected chi connectivity index (χ4v) is 3.12. The van der Waals surface area contributed by atoms with Crippen molar-refractivity contribution < 1.29 is 0 Å². The molecule has 0 saturated heterocycles. The molecule has 1 aliphatic carbocycles. The molecule has 0 heterocycles. The molecule has 0 amide bonds. The maximum Gasteiger partial charge on any atom is -0.0383 e. The van der Waals surface area contributed by atoms with Gasteiger partial charge in [-0.3, -0.25) is 0 Å². The fourth-order valence-electron chi connectivity index (χ4n) is 3.12. The van der Waals surface area contributed by atoms with Crippen molar-refractivity contribution in [1.82, 2.24) is 0 Å². The maximum absolute atomic E-state index is 2.38. The molecule has 0 bridgehead atoms. The summed E-state index contributed by atoms with van der Waals surface area (Å²) < 4.78 is 0. The van der Waals surface area contributed by atoms with Crippen LogP contribution in [0.2, 0.25) is 0 Å². The van der Waals surface area contributed by atoms with Gasteiger partial charge in [-0.1, -0.05) is 53.4 Å². The van der Waals surface area contributed by atoms with Crippen molar-refractivity contribution in [2.24, 2.45) is 23.7 Å². The molecule has 0 aromatic rings. The quantitative estimate of drug-likeness (QED) is 0.601. The van der Waals surface area contributed by atoms with Crippen LogP contribution >= 0.6 is 0 Å². The number of hydrogen-bond acceptors (Lipinski definition) is 0. The SMILES string of the molecule is CC(C)CC1CCCCC1CC(C)C. The first-order chi connectivity index (χ1) is 6.59. The smallest absolute Gasteiger partial charge is 0.0383 e. The van der Waals surface area contributed by atoms with Crippen LogP contribution in [-0.2, 0) is 0 Å². The van der Waals surface area contributed by atoms with Crippen molar-refractivity contribution in [1.29, 1.82) is 0 Å². The molecule has 0 N–H and O–H groups in total. The predicted octanol–water partition coefficient (Wildman–Crippen LogP) is 4.89. The molecule has 1 saturated carbocycles. The minimum absolute atomic E-state index is 0.896. The lowest BCUT2D eigenvalue weighted by Crippen LogP contribution is -2.22. The molecule has 14 heavy (non-hydrogen) atoms. The second kappa shape index (κ2) is 5.78. The molecule has 0 radical (unpaired) electrons. The van der Waals surface area contributed by atoms with Gasteiger partial charge in [0.15, 0.2) is 0 Å². The highest BCUT2D eigenvalue weighted by Gasteiger charge is 2.25. The third-order valence-electron chi connectivity index (χ3n) is 3.61. The summed E-state index contributed by atoms with van der Waals surface area (Å²) in [6, 6.07) is 0. The van der Waals surface area contributed by atoms with E-state index in [2.05, 4.69) is 27.7 Å². The molecule has 1 fully saturated rings. The van der Waals surface area contributed by atoms with Crippen LogP contribution in [0.5, 0.6) is 0 Å². The molecule has 2 unspecified atom stereocenters. The van der Waals surface area contributed by atoms with Crippen LogP contribution in [0.15, 0.2) is 0 Å². The second-order valence-corrected chi connectivity index (χ2v) is 6.06. The molecule has 1 rings (SSSR count). The Morgan fingerprint density at radius 3 is 1.43 bits per heavy atom. The Kier molecular flexibility index (Phi) is 4.98. The zero-order chi connectivity index (χ0) is 10.6. The lowest BCUT2D eigenvalue weighted by atomic mass is 9.72. The van der Waals surface area contributed by atoms with E-state index in [0.29, 0.717) is 0 Å². The molecule has 0 aliphatic heterocycles. The van der Waals surface area contributed by atoms with Crippen LogP contribution < -0.4 is 0 Å². The summed E-state index contributed by atoms with van der Waals surface area (Å²) >= 11 is 0. The first-order valence-electron chi connectivity index (χ1n) is 6.59. The molecular weight excluding hydrogens is 168 g/mol. The molecule has 0 aromatic carbocycles. The first kappa shape index (κ1) is 12.1. The molecule has 2 atom stereocenters. The third kappa shape index (κ3) is 4.02. The van der Waals surface area contributed by atoms with Crippen molar-refractivity contribution in [2.75, 3.05) is 0 Å². The van der Waals surface area contributed by atoms with E-state index in [-0.39, 0.29) is 0 Å². The average Bonchev–Trinajstić information content (AvgIpc) is 2.06. The maximum atomic E-state index is 2.38. The monoisotopic (exact) mass is 196 g/mol. The zero-order valence-electron chi connectivity index (χ0n) is 10.6. The van der Waals surface area contributed by atoms with Gasteiger partial charge >= 0.3 is 0 Å². The van der Waals surface area contributed by atoms with Crippen LogP contribution in [-0.4, -0.2) is 0 Å². The summed E-state index contributed by atoms with van der Waals surface area (Å²) in [6.07, 6.45) is 8.94. The standard InChI is InChI=1S/C14H28/c1-11(2)9-13-7-5-6-8-14(13)10-12(3)4/h11-14H,5-10H2,1-4H3. The zero-order valence-corrected chi connectivity index (χ0v) is 10.6. The van der Waals surface area contributed by atoms with Crippen LogP contribution in [0, 0.1) is 23.7 Å². The Hall–Kier alpha value is 0. The number of rotatable bonds is 4. The molecular formula is C14H28. The van der Waals surface area contributed by atoms with Gasteiger partial charge in [0, 0.05) is 0 Å². The van der Waals surface area contributed by atoms with E-state index in [1.54, 1.807) is 0 Å². The normalized spacial score (nSPS) is 28.7. The van der Waals surface area contributed by atoms with E-state index in [0.717, 1.165) is 23.7 Å². The van der Waals surface area contributed by atoms with Crippen LogP contribution in [0.25, 0.3) is 0 Å². The van der Waals surface area contributed by atoms with E-state index in [4.69, 9.17) is 0 Å². The lowest BCUT2D eigenvalue weighted by Gasteiger charge is -2.33. The molecule has 0 spiro atoms. The van der Waals surface area contributed by atoms with Crippen LogP contribution in [0.4, 0.5) is 0 Å². The van der Waals surface area contributed by atoms with Gasteiger partial charge in [0.1, 0.15) is 0 Å². The molecule has 0 aromatic heterocycles. The highest BCUT2D eigenvalue weighted by molar-refractivity contribution is 4.77. The number of hydrogen-bond donors (Lipinski definition) is 0. The van der Waals surface area contributed by atoms with Crippen molar-refractivity contribution in [3.05, 3.63) is 0 Å². The van der Waals surface area contributed by atoms with Gasteiger partial charge < -0.3 is 0 Å². The molecule has 1 aliphatic rings. The van der Waals surface area contributed by atoms with Gasteiger partial charge in [0.05, 0.1) is 0 Å². The van der Waals surface area contributed by atoms with Crippen LogP contribution in [0.1, 0.15) is 66.2 Å². The Morgan fingerprint density at radius 2 is 1.14 bits per heavy atom. The van der Waals surface area contributed by atoms with Crippen molar-refractivity contribution >= 4 is 0 Å². The van der Waals surface area contributed by atoms with Gasteiger partial charge in [0.2, 0.25) is 0 Å². The predicted molar refractivity (Wildman–Crippen MR) is 64.4 cm³/mol. The average molecular weight is 196 g/mol. The van der Waals surface area contributed by atoms with Crippen molar-refractivity contribution in [3.8, 4) is 0 Å². The molecule has 0 nitrogen and oxygen atoms in total. The largest absolute Gasteiger partial charge is 0.0628 e. The minimum Gasteiger partial charge on any atom is -0.0628 e. The van der Waals surface area contributed by atoms with Crippen LogP contribution in [0.3, 0.4) is 0 Å². The summed E-state index contributed by atoms with van der Waals surface area (Å²) in [4.78, 5) is 0. The summed E-state index contributed by atoms with van der Waals surface area (Å²) in [6.45, 7) is 9.50.